The smallest absolute Gasteiger partial charge is 0.217 e. The molecule has 0 spiro atoms. The summed E-state index contributed by atoms with van der Waals surface area (Å²) in [7, 11) is 0. The van der Waals surface area contributed by atoms with E-state index in [9.17, 15) is 4.79 Å². The summed E-state index contributed by atoms with van der Waals surface area (Å²) < 4.78 is 0. The van der Waals surface area contributed by atoms with E-state index >= 15 is 0 Å². The van der Waals surface area contributed by atoms with E-state index in [0.29, 0.717) is 24.7 Å². The van der Waals surface area contributed by atoms with Crippen molar-refractivity contribution in [2.75, 3.05) is 13.1 Å². The van der Waals surface area contributed by atoms with Crippen LogP contribution < -0.4 is 11.1 Å². The van der Waals surface area contributed by atoms with Crippen molar-refractivity contribution in [2.45, 2.75) is 64.6 Å². The van der Waals surface area contributed by atoms with E-state index in [-0.39, 0.29) is 5.91 Å². The molecule has 0 radical (unpaired) electrons. The fourth-order valence-corrected chi connectivity index (χ4v) is 2.89. The zero-order valence-electron chi connectivity index (χ0n) is 11.4. The molecule has 3 N–H and O–H groups in total. The van der Waals surface area contributed by atoms with Crippen molar-refractivity contribution in [1.29, 1.82) is 0 Å². The maximum absolute atomic E-state index is 11.3. The second-order valence-corrected chi connectivity index (χ2v) is 5.28. The number of amides is 1. The Hall–Kier alpha value is -0.610. The molecule has 4 nitrogen and oxygen atoms in total. The maximum atomic E-state index is 11.3. The molecule has 0 unspecified atom stereocenters. The first kappa shape index (κ1) is 14.5. The van der Waals surface area contributed by atoms with Gasteiger partial charge in [0.15, 0.2) is 0 Å². The monoisotopic (exact) mass is 241 g/mol. The zero-order valence-corrected chi connectivity index (χ0v) is 11.4. The summed E-state index contributed by atoms with van der Waals surface area (Å²) in [5.41, 5.74) is 5.69. The van der Waals surface area contributed by atoms with Crippen LogP contribution in [-0.4, -0.2) is 42.0 Å². The molecule has 0 aromatic heterocycles. The van der Waals surface area contributed by atoms with Gasteiger partial charge in [-0.2, -0.15) is 0 Å². The van der Waals surface area contributed by atoms with Crippen LogP contribution in [0.15, 0.2) is 0 Å². The summed E-state index contributed by atoms with van der Waals surface area (Å²) in [5, 5.41) is 3.10. The first-order chi connectivity index (χ1) is 8.06. The van der Waals surface area contributed by atoms with Gasteiger partial charge in [0, 0.05) is 38.1 Å². The van der Waals surface area contributed by atoms with Crippen molar-refractivity contribution < 1.29 is 4.79 Å². The molecule has 0 aliphatic heterocycles. The Morgan fingerprint density at radius 2 is 2.06 bits per heavy atom. The van der Waals surface area contributed by atoms with Gasteiger partial charge in [0.2, 0.25) is 5.91 Å². The van der Waals surface area contributed by atoms with E-state index in [4.69, 9.17) is 5.73 Å². The SMILES string of the molecule is CC(=O)N[C@H]1CCCC[C@@H]1N(CCN)C(C)C. The van der Waals surface area contributed by atoms with Gasteiger partial charge in [0.1, 0.15) is 0 Å². The second kappa shape index (κ2) is 6.97. The molecule has 1 aliphatic carbocycles. The van der Waals surface area contributed by atoms with Gasteiger partial charge in [-0.1, -0.05) is 12.8 Å². The largest absolute Gasteiger partial charge is 0.352 e. The molecule has 1 rings (SSSR count). The lowest BCUT2D eigenvalue weighted by Gasteiger charge is -2.42. The minimum absolute atomic E-state index is 0.0818. The number of nitrogens with zero attached hydrogens (tertiary/aromatic N) is 1. The summed E-state index contributed by atoms with van der Waals surface area (Å²) >= 11 is 0. The molecule has 0 bridgehead atoms. The molecule has 0 aromatic carbocycles. The van der Waals surface area contributed by atoms with Crippen molar-refractivity contribution in [3.05, 3.63) is 0 Å². The van der Waals surface area contributed by atoms with Crippen LogP contribution in [0.4, 0.5) is 0 Å². The van der Waals surface area contributed by atoms with Crippen molar-refractivity contribution in [2.24, 2.45) is 5.73 Å². The Bertz CT molecular complexity index is 243. The highest BCUT2D eigenvalue weighted by Gasteiger charge is 2.31. The Kier molecular flexibility index (Phi) is 5.92. The standard InChI is InChI=1S/C13H27N3O/c1-10(2)16(9-8-14)13-7-5-4-6-12(13)15-11(3)17/h10,12-13H,4-9,14H2,1-3H3,(H,15,17)/t12-,13-/m0/s1. The molecule has 4 heteroatoms. The van der Waals surface area contributed by atoms with E-state index in [1.807, 2.05) is 0 Å². The number of nitrogens with one attached hydrogen (secondary N) is 1. The number of nitrogens with two attached hydrogens (primary N) is 1. The number of rotatable bonds is 5. The van der Waals surface area contributed by atoms with Crippen molar-refractivity contribution in [3.8, 4) is 0 Å². The Balaban J connectivity index is 2.69. The average Bonchev–Trinajstić information content (AvgIpc) is 2.26. The van der Waals surface area contributed by atoms with Gasteiger partial charge < -0.3 is 11.1 Å². The van der Waals surface area contributed by atoms with Gasteiger partial charge in [0.25, 0.3) is 0 Å². The third-order valence-electron chi connectivity index (χ3n) is 3.59. The van der Waals surface area contributed by atoms with Crippen LogP contribution in [0.5, 0.6) is 0 Å². The van der Waals surface area contributed by atoms with E-state index in [1.165, 1.54) is 19.3 Å². The molecule has 100 valence electrons. The van der Waals surface area contributed by atoms with Crippen LogP contribution in [0, 0.1) is 0 Å². The highest BCUT2D eigenvalue weighted by Crippen LogP contribution is 2.24. The lowest BCUT2D eigenvalue weighted by molar-refractivity contribution is -0.120. The fourth-order valence-electron chi connectivity index (χ4n) is 2.89. The minimum Gasteiger partial charge on any atom is -0.352 e. The van der Waals surface area contributed by atoms with Gasteiger partial charge in [0.05, 0.1) is 0 Å². The first-order valence-electron chi connectivity index (χ1n) is 6.79. The van der Waals surface area contributed by atoms with Crippen LogP contribution in [0.25, 0.3) is 0 Å². The van der Waals surface area contributed by atoms with Crippen molar-refractivity contribution in [3.63, 3.8) is 0 Å². The number of carbonyl (C=O) groups excluding carboxylic acids is 1. The van der Waals surface area contributed by atoms with Crippen LogP contribution in [0.2, 0.25) is 0 Å². The maximum Gasteiger partial charge on any atom is 0.217 e. The van der Waals surface area contributed by atoms with Gasteiger partial charge >= 0.3 is 0 Å². The van der Waals surface area contributed by atoms with Crippen LogP contribution in [-0.2, 0) is 4.79 Å². The second-order valence-electron chi connectivity index (χ2n) is 5.28. The normalized spacial score (nSPS) is 25.3. The van der Waals surface area contributed by atoms with Crippen LogP contribution in [0.1, 0.15) is 46.5 Å². The van der Waals surface area contributed by atoms with Crippen molar-refractivity contribution in [1.82, 2.24) is 10.2 Å². The number of hydrogen-bond donors (Lipinski definition) is 2. The minimum atomic E-state index is 0.0818. The van der Waals surface area contributed by atoms with E-state index in [1.54, 1.807) is 6.92 Å². The summed E-state index contributed by atoms with van der Waals surface area (Å²) in [5.74, 6) is 0.0818. The van der Waals surface area contributed by atoms with E-state index in [0.717, 1.165) is 13.0 Å². The van der Waals surface area contributed by atoms with E-state index in [2.05, 4.69) is 24.1 Å². The molecule has 1 aliphatic rings. The Morgan fingerprint density at radius 3 is 2.59 bits per heavy atom. The zero-order chi connectivity index (χ0) is 12.8. The topological polar surface area (TPSA) is 58.4 Å². The lowest BCUT2D eigenvalue weighted by atomic mass is 9.88. The molecule has 2 atom stereocenters. The van der Waals surface area contributed by atoms with Gasteiger partial charge in [-0.25, -0.2) is 0 Å². The third kappa shape index (κ3) is 4.28. The van der Waals surface area contributed by atoms with Crippen molar-refractivity contribution >= 4 is 5.91 Å². The third-order valence-corrected chi connectivity index (χ3v) is 3.59. The van der Waals surface area contributed by atoms with Gasteiger partial charge in [-0.05, 0) is 26.7 Å². The van der Waals surface area contributed by atoms with Crippen LogP contribution in [0.3, 0.4) is 0 Å². The molecule has 0 aromatic rings. The molecule has 0 saturated heterocycles. The molecule has 1 saturated carbocycles. The molecule has 1 fully saturated rings. The van der Waals surface area contributed by atoms with E-state index < -0.39 is 0 Å². The molecule has 17 heavy (non-hydrogen) atoms. The highest BCUT2D eigenvalue weighted by molar-refractivity contribution is 5.73. The predicted molar refractivity (Wildman–Crippen MR) is 70.8 cm³/mol. The van der Waals surface area contributed by atoms with Crippen LogP contribution >= 0.6 is 0 Å². The first-order valence-corrected chi connectivity index (χ1v) is 6.79. The fraction of sp³-hybridized carbons (Fsp3) is 0.923. The predicted octanol–water partition coefficient (Wildman–Crippen LogP) is 1.10. The summed E-state index contributed by atoms with van der Waals surface area (Å²) in [6.45, 7) is 7.61. The summed E-state index contributed by atoms with van der Waals surface area (Å²) in [6, 6.07) is 1.24. The summed E-state index contributed by atoms with van der Waals surface area (Å²) in [4.78, 5) is 13.7. The molecular formula is C13H27N3O. The number of carbonyl (C=O) groups is 1. The lowest BCUT2D eigenvalue weighted by Crippen LogP contribution is -2.55. The Labute approximate surface area is 105 Å². The number of hydrogen-bond acceptors (Lipinski definition) is 3. The average molecular weight is 241 g/mol. The molecule has 0 heterocycles. The molecule has 1 amide bonds. The summed E-state index contributed by atoms with van der Waals surface area (Å²) in [6.07, 6.45) is 4.74. The van der Waals surface area contributed by atoms with Gasteiger partial charge in [-0.3, -0.25) is 9.69 Å². The molecular weight excluding hydrogens is 214 g/mol. The highest BCUT2D eigenvalue weighted by atomic mass is 16.1. The Morgan fingerprint density at radius 1 is 1.41 bits per heavy atom. The van der Waals surface area contributed by atoms with Gasteiger partial charge in [-0.15, -0.1) is 0 Å². The quantitative estimate of drug-likeness (QED) is 0.758.